The summed E-state index contributed by atoms with van der Waals surface area (Å²) < 4.78 is 0.914. The Morgan fingerprint density at radius 3 is 2.63 bits per heavy atom. The van der Waals surface area contributed by atoms with E-state index < -0.39 is 0 Å². The maximum atomic E-state index is 6.11. The van der Waals surface area contributed by atoms with Crippen LogP contribution in [0.3, 0.4) is 0 Å². The Bertz CT molecular complexity index is 398. The first-order chi connectivity index (χ1) is 9.00. The molecule has 108 valence electrons. The molecular formula is C15H24BrClN2. The summed E-state index contributed by atoms with van der Waals surface area (Å²) in [6.45, 7) is 5.02. The second-order valence-electron chi connectivity index (χ2n) is 5.33. The largest absolute Gasteiger partial charge is 0.379 e. The van der Waals surface area contributed by atoms with Gasteiger partial charge in [0.1, 0.15) is 0 Å². The van der Waals surface area contributed by atoms with Crippen molar-refractivity contribution in [2.45, 2.75) is 51.5 Å². The molecule has 0 aliphatic heterocycles. The number of rotatable bonds is 8. The summed E-state index contributed by atoms with van der Waals surface area (Å²) in [4.78, 5) is 0. The van der Waals surface area contributed by atoms with Gasteiger partial charge in [0.15, 0.2) is 0 Å². The zero-order valence-electron chi connectivity index (χ0n) is 11.8. The molecule has 3 N–H and O–H groups in total. The topological polar surface area (TPSA) is 38.0 Å². The van der Waals surface area contributed by atoms with E-state index in [1.54, 1.807) is 0 Å². The van der Waals surface area contributed by atoms with Crippen LogP contribution < -0.4 is 11.1 Å². The van der Waals surface area contributed by atoms with E-state index in [1.165, 1.54) is 25.7 Å². The Labute approximate surface area is 130 Å². The Hall–Kier alpha value is -0.250. The number of benzene rings is 1. The molecule has 1 atom stereocenters. The van der Waals surface area contributed by atoms with Gasteiger partial charge in [-0.2, -0.15) is 0 Å². The van der Waals surface area contributed by atoms with E-state index >= 15 is 0 Å². The summed E-state index contributed by atoms with van der Waals surface area (Å²) in [5.74, 6) is 0. The van der Waals surface area contributed by atoms with Gasteiger partial charge in [-0.05, 0) is 47.5 Å². The summed E-state index contributed by atoms with van der Waals surface area (Å²) in [6, 6.07) is 5.92. The molecule has 1 aromatic rings. The van der Waals surface area contributed by atoms with E-state index in [-0.39, 0.29) is 5.54 Å². The number of hydrogen-bond acceptors (Lipinski definition) is 2. The molecule has 4 heteroatoms. The summed E-state index contributed by atoms with van der Waals surface area (Å²) in [5, 5.41) is 4.24. The van der Waals surface area contributed by atoms with Crippen molar-refractivity contribution in [3.8, 4) is 0 Å². The molecule has 0 saturated carbocycles. The fourth-order valence-corrected chi connectivity index (χ4v) is 2.51. The zero-order chi connectivity index (χ0) is 14.3. The van der Waals surface area contributed by atoms with Crippen molar-refractivity contribution in [1.82, 2.24) is 0 Å². The predicted octanol–water partition coefficient (Wildman–Crippen LogP) is 5.20. The van der Waals surface area contributed by atoms with Gasteiger partial charge in [0.05, 0.1) is 5.02 Å². The molecular weight excluding hydrogens is 324 g/mol. The standard InChI is InChI=1S/C15H24BrClN2/c1-3-4-5-6-9-15(2,11-18)19-12-7-8-13(16)14(17)10-12/h7-8,10,19H,3-6,9,11,18H2,1-2H3. The van der Waals surface area contributed by atoms with E-state index in [4.69, 9.17) is 17.3 Å². The van der Waals surface area contributed by atoms with Crippen LogP contribution in [-0.4, -0.2) is 12.1 Å². The Kier molecular flexibility index (Phi) is 7.19. The van der Waals surface area contributed by atoms with Crippen LogP contribution >= 0.6 is 27.5 Å². The van der Waals surface area contributed by atoms with Gasteiger partial charge in [-0.15, -0.1) is 0 Å². The van der Waals surface area contributed by atoms with Crippen LogP contribution in [0.4, 0.5) is 5.69 Å². The van der Waals surface area contributed by atoms with Gasteiger partial charge in [0, 0.05) is 22.2 Å². The maximum absolute atomic E-state index is 6.11. The zero-order valence-corrected chi connectivity index (χ0v) is 14.1. The van der Waals surface area contributed by atoms with Crippen molar-refractivity contribution in [3.05, 3.63) is 27.7 Å². The molecule has 0 aliphatic carbocycles. The van der Waals surface area contributed by atoms with Crippen LogP contribution in [0.2, 0.25) is 5.02 Å². The van der Waals surface area contributed by atoms with Crippen LogP contribution in [-0.2, 0) is 0 Å². The highest BCUT2D eigenvalue weighted by Gasteiger charge is 2.21. The average Bonchev–Trinajstić information content (AvgIpc) is 2.39. The molecule has 0 radical (unpaired) electrons. The highest BCUT2D eigenvalue weighted by atomic mass is 79.9. The van der Waals surface area contributed by atoms with Crippen molar-refractivity contribution in [2.75, 3.05) is 11.9 Å². The van der Waals surface area contributed by atoms with Gasteiger partial charge in [0.2, 0.25) is 0 Å². The van der Waals surface area contributed by atoms with E-state index in [2.05, 4.69) is 35.1 Å². The molecule has 2 nitrogen and oxygen atoms in total. The molecule has 0 bridgehead atoms. The molecule has 0 spiro atoms. The highest BCUT2D eigenvalue weighted by Crippen LogP contribution is 2.28. The summed E-state index contributed by atoms with van der Waals surface area (Å²) >= 11 is 9.51. The van der Waals surface area contributed by atoms with E-state index in [9.17, 15) is 0 Å². The fourth-order valence-electron chi connectivity index (χ4n) is 2.08. The molecule has 0 aromatic heterocycles. The smallest absolute Gasteiger partial charge is 0.0568 e. The first-order valence-electron chi connectivity index (χ1n) is 6.94. The number of hydrogen-bond donors (Lipinski definition) is 2. The van der Waals surface area contributed by atoms with Crippen LogP contribution in [0.15, 0.2) is 22.7 Å². The molecule has 1 rings (SSSR count). The van der Waals surface area contributed by atoms with Gasteiger partial charge in [-0.25, -0.2) is 0 Å². The number of anilines is 1. The maximum Gasteiger partial charge on any atom is 0.0568 e. The third kappa shape index (κ3) is 5.72. The van der Waals surface area contributed by atoms with Gasteiger partial charge in [-0.1, -0.05) is 44.2 Å². The van der Waals surface area contributed by atoms with E-state index in [0.717, 1.165) is 21.6 Å². The lowest BCUT2D eigenvalue weighted by Gasteiger charge is -2.31. The predicted molar refractivity (Wildman–Crippen MR) is 89.0 cm³/mol. The molecule has 1 unspecified atom stereocenters. The van der Waals surface area contributed by atoms with Gasteiger partial charge >= 0.3 is 0 Å². The molecule has 0 amide bonds. The fraction of sp³-hybridized carbons (Fsp3) is 0.600. The second-order valence-corrected chi connectivity index (χ2v) is 6.59. The van der Waals surface area contributed by atoms with Crippen molar-refractivity contribution >= 4 is 33.2 Å². The van der Waals surface area contributed by atoms with Gasteiger partial charge < -0.3 is 11.1 Å². The van der Waals surface area contributed by atoms with E-state index in [0.29, 0.717) is 6.54 Å². The Balaban J connectivity index is 2.60. The normalized spacial score (nSPS) is 14.2. The monoisotopic (exact) mass is 346 g/mol. The molecule has 0 saturated heterocycles. The SMILES string of the molecule is CCCCCCC(C)(CN)Nc1ccc(Br)c(Cl)c1. The second kappa shape index (κ2) is 8.13. The molecule has 0 heterocycles. The third-order valence-electron chi connectivity index (χ3n) is 3.40. The van der Waals surface area contributed by atoms with Gasteiger partial charge in [0.25, 0.3) is 0 Å². The number of nitrogens with one attached hydrogen (secondary N) is 1. The quantitative estimate of drug-likeness (QED) is 0.634. The first-order valence-corrected chi connectivity index (χ1v) is 8.11. The van der Waals surface area contributed by atoms with Crippen molar-refractivity contribution in [2.24, 2.45) is 5.73 Å². The minimum atomic E-state index is -0.0646. The van der Waals surface area contributed by atoms with E-state index in [1.807, 2.05) is 18.2 Å². The van der Waals surface area contributed by atoms with Crippen molar-refractivity contribution in [1.29, 1.82) is 0 Å². The summed E-state index contributed by atoms with van der Waals surface area (Å²) in [5.41, 5.74) is 6.89. The minimum absolute atomic E-state index is 0.0646. The van der Waals surface area contributed by atoms with Crippen molar-refractivity contribution in [3.63, 3.8) is 0 Å². The van der Waals surface area contributed by atoms with Crippen LogP contribution in [0.1, 0.15) is 46.0 Å². The third-order valence-corrected chi connectivity index (χ3v) is 4.63. The number of unbranched alkanes of at least 4 members (excludes halogenated alkanes) is 3. The van der Waals surface area contributed by atoms with Crippen molar-refractivity contribution < 1.29 is 0 Å². The molecule has 0 aliphatic rings. The Morgan fingerprint density at radius 2 is 2.05 bits per heavy atom. The lowest BCUT2D eigenvalue weighted by Crippen LogP contribution is -2.42. The number of nitrogens with two attached hydrogens (primary N) is 1. The minimum Gasteiger partial charge on any atom is -0.379 e. The lowest BCUT2D eigenvalue weighted by atomic mass is 9.93. The van der Waals surface area contributed by atoms with Gasteiger partial charge in [-0.3, -0.25) is 0 Å². The highest BCUT2D eigenvalue weighted by molar-refractivity contribution is 9.10. The Morgan fingerprint density at radius 1 is 1.32 bits per heavy atom. The molecule has 1 aromatic carbocycles. The average molecular weight is 348 g/mol. The lowest BCUT2D eigenvalue weighted by molar-refractivity contribution is 0.451. The molecule has 19 heavy (non-hydrogen) atoms. The first kappa shape index (κ1) is 16.8. The van der Waals surface area contributed by atoms with Crippen LogP contribution in [0.5, 0.6) is 0 Å². The van der Waals surface area contributed by atoms with Crippen LogP contribution in [0, 0.1) is 0 Å². The summed E-state index contributed by atoms with van der Waals surface area (Å²) in [6.07, 6.45) is 6.12. The van der Waals surface area contributed by atoms with Crippen LogP contribution in [0.25, 0.3) is 0 Å². The number of halogens is 2. The summed E-state index contributed by atoms with van der Waals surface area (Å²) in [7, 11) is 0. The molecule has 0 fully saturated rings.